The maximum atomic E-state index is 12.9. The van der Waals surface area contributed by atoms with Crippen molar-refractivity contribution in [2.45, 2.75) is 18.7 Å². The highest BCUT2D eigenvalue weighted by Gasteiger charge is 2.21. The number of hydrogen-bond donors (Lipinski definition) is 2. The Bertz CT molecular complexity index is 1110. The van der Waals surface area contributed by atoms with Gasteiger partial charge in [-0.2, -0.15) is 0 Å². The first-order chi connectivity index (χ1) is 13.3. The van der Waals surface area contributed by atoms with Gasteiger partial charge in [-0.3, -0.25) is 4.72 Å². The topological polar surface area (TPSA) is 106 Å². The second kappa shape index (κ2) is 7.99. The minimum atomic E-state index is -3.90. The maximum Gasteiger partial charge on any atom is 0.341 e. The van der Waals surface area contributed by atoms with Gasteiger partial charge >= 0.3 is 5.97 Å². The molecule has 0 atom stereocenters. The van der Waals surface area contributed by atoms with E-state index in [2.05, 4.69) is 9.71 Å². The number of sulfonamides is 1. The van der Waals surface area contributed by atoms with Crippen molar-refractivity contribution in [1.29, 1.82) is 0 Å². The van der Waals surface area contributed by atoms with Gasteiger partial charge in [-0.05, 0) is 37.6 Å². The Balaban J connectivity index is 1.92. The molecule has 28 heavy (non-hydrogen) atoms. The van der Waals surface area contributed by atoms with Gasteiger partial charge in [-0.1, -0.05) is 18.2 Å². The second-order valence-electron chi connectivity index (χ2n) is 6.04. The van der Waals surface area contributed by atoms with Crippen LogP contribution in [-0.4, -0.2) is 31.1 Å². The molecule has 1 heterocycles. The largest absolute Gasteiger partial charge is 0.481 e. The summed E-state index contributed by atoms with van der Waals surface area (Å²) in [6, 6.07) is 10.0. The maximum absolute atomic E-state index is 12.9. The highest BCUT2D eigenvalue weighted by molar-refractivity contribution is 7.92. The Morgan fingerprint density at radius 1 is 1.25 bits per heavy atom. The fourth-order valence-corrected chi connectivity index (χ4v) is 4.67. The average molecular weight is 418 g/mol. The Morgan fingerprint density at radius 2 is 2.04 bits per heavy atom. The van der Waals surface area contributed by atoms with Crippen molar-refractivity contribution < 1.29 is 23.1 Å². The first-order valence-electron chi connectivity index (χ1n) is 8.25. The number of nitrogens with one attached hydrogen (secondary N) is 1. The number of aromatic nitrogens is 1. The lowest BCUT2D eigenvalue weighted by Crippen LogP contribution is -2.16. The van der Waals surface area contributed by atoms with Crippen molar-refractivity contribution in [3.8, 4) is 16.3 Å². The van der Waals surface area contributed by atoms with E-state index in [1.54, 1.807) is 44.3 Å². The summed E-state index contributed by atoms with van der Waals surface area (Å²) in [5.74, 6) is -0.883. The highest BCUT2D eigenvalue weighted by atomic mass is 32.2. The number of ether oxygens (including phenoxy) is 1. The molecular weight excluding hydrogens is 400 g/mol. The molecule has 0 amide bonds. The summed E-state index contributed by atoms with van der Waals surface area (Å²) in [4.78, 5) is 15.0. The summed E-state index contributed by atoms with van der Waals surface area (Å²) < 4.78 is 33.7. The molecular formula is C19H18N2O5S2. The molecule has 9 heteroatoms. The summed E-state index contributed by atoms with van der Waals surface area (Å²) in [5.41, 5.74) is 2.22. The summed E-state index contributed by atoms with van der Waals surface area (Å²) in [6.07, 6.45) is 1.69. The van der Waals surface area contributed by atoms with Gasteiger partial charge in [0.15, 0.2) is 6.61 Å². The van der Waals surface area contributed by atoms with Gasteiger partial charge < -0.3 is 9.84 Å². The van der Waals surface area contributed by atoms with Gasteiger partial charge in [0.25, 0.3) is 10.0 Å². The molecule has 0 radical (unpaired) electrons. The smallest absolute Gasteiger partial charge is 0.341 e. The lowest BCUT2D eigenvalue weighted by Gasteiger charge is -2.16. The van der Waals surface area contributed by atoms with Crippen LogP contribution in [-0.2, 0) is 14.8 Å². The minimum Gasteiger partial charge on any atom is -0.481 e. The molecule has 3 rings (SSSR count). The third-order valence-electron chi connectivity index (χ3n) is 3.98. The van der Waals surface area contributed by atoms with E-state index in [1.165, 1.54) is 17.4 Å². The van der Waals surface area contributed by atoms with Crippen molar-refractivity contribution in [3.05, 3.63) is 59.1 Å². The number of aryl methyl sites for hydroxylation is 1. The number of nitrogens with zero attached hydrogens (tertiary/aromatic N) is 1. The molecule has 0 unspecified atom stereocenters. The van der Waals surface area contributed by atoms with Crippen LogP contribution < -0.4 is 9.46 Å². The van der Waals surface area contributed by atoms with Crippen LogP contribution in [0.5, 0.6) is 5.75 Å². The number of hydrogen-bond acceptors (Lipinski definition) is 6. The van der Waals surface area contributed by atoms with Crippen LogP contribution in [0.1, 0.15) is 11.1 Å². The van der Waals surface area contributed by atoms with Gasteiger partial charge in [0.2, 0.25) is 0 Å². The highest BCUT2D eigenvalue weighted by Crippen LogP contribution is 2.31. The van der Waals surface area contributed by atoms with Crippen LogP contribution in [0.4, 0.5) is 5.69 Å². The van der Waals surface area contributed by atoms with Crippen molar-refractivity contribution in [1.82, 2.24) is 4.98 Å². The molecule has 2 aromatic carbocycles. The van der Waals surface area contributed by atoms with Crippen LogP contribution in [0.3, 0.4) is 0 Å². The first-order valence-corrected chi connectivity index (χ1v) is 10.6. The normalized spacial score (nSPS) is 11.2. The van der Waals surface area contributed by atoms with E-state index in [0.717, 1.165) is 10.6 Å². The fourth-order valence-electron chi connectivity index (χ4n) is 2.75. The van der Waals surface area contributed by atoms with E-state index in [-0.39, 0.29) is 10.6 Å². The van der Waals surface area contributed by atoms with Gasteiger partial charge in [0, 0.05) is 28.4 Å². The molecule has 0 saturated carbocycles. The van der Waals surface area contributed by atoms with E-state index in [4.69, 9.17) is 9.84 Å². The first kappa shape index (κ1) is 19.8. The molecule has 0 aliphatic rings. The molecule has 0 saturated heterocycles. The Hall–Kier alpha value is -2.91. The fraction of sp³-hybridized carbons (Fsp3) is 0.158. The van der Waals surface area contributed by atoms with Crippen LogP contribution in [0.15, 0.2) is 52.9 Å². The van der Waals surface area contributed by atoms with Crippen LogP contribution >= 0.6 is 11.3 Å². The predicted molar refractivity (Wildman–Crippen MR) is 107 cm³/mol. The van der Waals surface area contributed by atoms with E-state index in [1.807, 2.05) is 11.4 Å². The van der Waals surface area contributed by atoms with Gasteiger partial charge in [-0.25, -0.2) is 18.2 Å². The van der Waals surface area contributed by atoms with Crippen molar-refractivity contribution in [2.75, 3.05) is 11.3 Å². The molecule has 3 aromatic rings. The number of anilines is 1. The number of carboxylic acids is 1. The molecule has 146 valence electrons. The number of aliphatic carboxylic acids is 1. The number of carboxylic acid groups (broad SMARTS) is 1. The Kier molecular flexibility index (Phi) is 5.66. The summed E-state index contributed by atoms with van der Waals surface area (Å²) in [6.45, 7) is 2.77. The van der Waals surface area contributed by atoms with Gasteiger partial charge in [0.1, 0.15) is 10.8 Å². The Labute approximate surface area is 166 Å². The summed E-state index contributed by atoms with van der Waals surface area (Å²) in [5, 5.41) is 11.5. The Morgan fingerprint density at radius 3 is 2.71 bits per heavy atom. The third kappa shape index (κ3) is 4.32. The summed E-state index contributed by atoms with van der Waals surface area (Å²) in [7, 11) is -3.90. The van der Waals surface area contributed by atoms with E-state index < -0.39 is 22.6 Å². The van der Waals surface area contributed by atoms with Crippen molar-refractivity contribution in [3.63, 3.8) is 0 Å². The molecule has 0 fully saturated rings. The summed E-state index contributed by atoms with van der Waals surface area (Å²) >= 11 is 1.46. The molecule has 0 aliphatic carbocycles. The van der Waals surface area contributed by atoms with Crippen LogP contribution in [0, 0.1) is 13.8 Å². The van der Waals surface area contributed by atoms with Crippen LogP contribution in [0.25, 0.3) is 10.6 Å². The van der Waals surface area contributed by atoms with Gasteiger partial charge in [-0.15, -0.1) is 11.3 Å². The predicted octanol–water partition coefficient (Wildman–Crippen LogP) is 3.69. The van der Waals surface area contributed by atoms with E-state index in [0.29, 0.717) is 16.8 Å². The number of carbonyl (C=O) groups is 1. The number of thiazole rings is 1. The van der Waals surface area contributed by atoms with Crippen LogP contribution in [0.2, 0.25) is 0 Å². The third-order valence-corrected chi connectivity index (χ3v) is 6.32. The lowest BCUT2D eigenvalue weighted by atomic mass is 10.1. The number of rotatable bonds is 7. The van der Waals surface area contributed by atoms with E-state index >= 15 is 0 Å². The molecule has 0 bridgehead atoms. The zero-order chi connectivity index (χ0) is 20.3. The van der Waals surface area contributed by atoms with Gasteiger partial charge in [0.05, 0.1) is 4.90 Å². The van der Waals surface area contributed by atoms with Crippen molar-refractivity contribution >= 4 is 33.0 Å². The quantitative estimate of drug-likeness (QED) is 0.606. The SMILES string of the molecule is Cc1ccc(S(=O)(=O)Nc2cccc(-c3nccs3)c2)c(C)c1OCC(=O)O. The molecule has 7 nitrogen and oxygen atoms in total. The number of benzene rings is 2. The second-order valence-corrected chi connectivity index (χ2v) is 8.59. The molecule has 1 aromatic heterocycles. The zero-order valence-corrected chi connectivity index (χ0v) is 16.8. The monoisotopic (exact) mass is 418 g/mol. The molecule has 0 spiro atoms. The lowest BCUT2D eigenvalue weighted by molar-refractivity contribution is -0.139. The zero-order valence-electron chi connectivity index (χ0n) is 15.2. The van der Waals surface area contributed by atoms with E-state index in [9.17, 15) is 13.2 Å². The van der Waals surface area contributed by atoms with Crippen molar-refractivity contribution in [2.24, 2.45) is 0 Å². The standard InChI is InChI=1S/C19H18N2O5S2/c1-12-6-7-16(13(2)18(12)26-11-17(22)23)28(24,25)21-15-5-3-4-14(10-15)19-20-8-9-27-19/h3-10,21H,11H2,1-2H3,(H,22,23). The minimum absolute atomic E-state index is 0.0261. The molecule has 2 N–H and O–H groups in total. The molecule has 0 aliphatic heterocycles. The average Bonchev–Trinajstić information content (AvgIpc) is 3.15.